The molecule has 3 atom stereocenters. The molecule has 11 heteroatoms. The van der Waals surface area contributed by atoms with E-state index in [1.54, 1.807) is 13.8 Å². The first kappa shape index (κ1) is 28.3. The minimum atomic E-state index is -1.06. The molecule has 1 aliphatic heterocycles. The largest absolute Gasteiger partial charge is 0.449 e. The normalized spacial score (nSPS) is 18.8. The van der Waals surface area contributed by atoms with Crippen molar-refractivity contribution in [3.8, 4) is 0 Å². The molecule has 188 valence electrons. The van der Waals surface area contributed by atoms with Crippen molar-refractivity contribution in [3.05, 3.63) is 0 Å². The number of amides is 4. The van der Waals surface area contributed by atoms with Crippen molar-refractivity contribution in [2.45, 2.75) is 79.4 Å². The summed E-state index contributed by atoms with van der Waals surface area (Å²) < 4.78 is 5.19. The molecular weight excluding hydrogens is 432 g/mol. The van der Waals surface area contributed by atoms with Crippen LogP contribution in [0.4, 0.5) is 4.79 Å². The van der Waals surface area contributed by atoms with E-state index in [0.29, 0.717) is 6.42 Å². The highest BCUT2D eigenvalue weighted by Crippen LogP contribution is 2.13. The Labute approximate surface area is 195 Å². The van der Waals surface area contributed by atoms with E-state index in [-0.39, 0.29) is 36.9 Å². The predicted octanol–water partition coefficient (Wildman–Crippen LogP) is 0.820. The molecule has 3 unspecified atom stereocenters. The number of alkyl carbamates (subject to hydrolysis) is 1. The highest BCUT2D eigenvalue weighted by atomic mass is 16.7. The van der Waals surface area contributed by atoms with E-state index < -0.39 is 47.7 Å². The molecule has 1 saturated heterocycles. The van der Waals surface area contributed by atoms with E-state index in [4.69, 9.17) is 9.57 Å². The summed E-state index contributed by atoms with van der Waals surface area (Å²) in [7, 11) is 0. The van der Waals surface area contributed by atoms with Crippen LogP contribution < -0.4 is 21.4 Å². The van der Waals surface area contributed by atoms with Crippen molar-refractivity contribution in [2.24, 2.45) is 17.3 Å². The summed E-state index contributed by atoms with van der Waals surface area (Å²) in [5, 5.41) is 7.77. The SMILES string of the molecule is CC(C)CC(NC(=O)C(NC(=O)OCC(C)(C)C)C(C)C)C(=O)NC1CCONC(=O)C1=O. The second-order valence-electron chi connectivity index (χ2n) is 10.2. The van der Waals surface area contributed by atoms with E-state index in [2.05, 4.69) is 16.0 Å². The van der Waals surface area contributed by atoms with Crippen LogP contribution in [0.3, 0.4) is 0 Å². The zero-order valence-corrected chi connectivity index (χ0v) is 20.6. The van der Waals surface area contributed by atoms with Crippen molar-refractivity contribution in [1.82, 2.24) is 21.4 Å². The number of ether oxygens (including phenoxy) is 1. The summed E-state index contributed by atoms with van der Waals surface area (Å²) >= 11 is 0. The molecule has 0 spiro atoms. The third-order valence-corrected chi connectivity index (χ3v) is 4.73. The smallest absolute Gasteiger partial charge is 0.407 e. The number of nitrogens with one attached hydrogen (secondary N) is 4. The summed E-state index contributed by atoms with van der Waals surface area (Å²) in [6.45, 7) is 13.3. The van der Waals surface area contributed by atoms with Crippen LogP contribution in [0.5, 0.6) is 0 Å². The van der Waals surface area contributed by atoms with Crippen LogP contribution in [0.2, 0.25) is 0 Å². The maximum absolute atomic E-state index is 13.0. The minimum Gasteiger partial charge on any atom is -0.449 e. The monoisotopic (exact) mass is 470 g/mol. The Hall–Kier alpha value is -2.69. The van der Waals surface area contributed by atoms with E-state index >= 15 is 0 Å². The van der Waals surface area contributed by atoms with Crippen LogP contribution in [-0.4, -0.2) is 60.9 Å². The van der Waals surface area contributed by atoms with E-state index in [0.717, 1.165) is 0 Å². The Balaban J connectivity index is 2.87. The second-order valence-corrected chi connectivity index (χ2v) is 10.2. The number of carbonyl (C=O) groups excluding carboxylic acids is 5. The lowest BCUT2D eigenvalue weighted by molar-refractivity contribution is -0.144. The first-order valence-electron chi connectivity index (χ1n) is 11.2. The Bertz CT molecular complexity index is 731. The average Bonchev–Trinajstić information content (AvgIpc) is 2.84. The van der Waals surface area contributed by atoms with Gasteiger partial charge in [0.1, 0.15) is 12.1 Å². The molecule has 0 bridgehead atoms. The Morgan fingerprint density at radius 2 is 1.73 bits per heavy atom. The highest BCUT2D eigenvalue weighted by Gasteiger charge is 2.34. The number of Topliss-reactive ketones (excluding diaryl/α,β-unsaturated/α-hetero) is 1. The molecule has 0 saturated carbocycles. The molecule has 1 heterocycles. The molecule has 33 heavy (non-hydrogen) atoms. The summed E-state index contributed by atoms with van der Waals surface area (Å²) in [6, 6.07) is -2.96. The molecular formula is C22H38N4O7. The molecule has 0 aromatic rings. The Kier molecular flexibility index (Phi) is 10.8. The molecule has 4 amide bonds. The first-order valence-corrected chi connectivity index (χ1v) is 11.2. The summed E-state index contributed by atoms with van der Waals surface area (Å²) in [5.41, 5.74) is 1.76. The maximum atomic E-state index is 13.0. The van der Waals surface area contributed by atoms with Gasteiger partial charge < -0.3 is 20.7 Å². The van der Waals surface area contributed by atoms with E-state index in [1.165, 1.54) is 0 Å². The van der Waals surface area contributed by atoms with Crippen LogP contribution in [0.1, 0.15) is 61.3 Å². The number of hydrogen-bond acceptors (Lipinski definition) is 7. The summed E-state index contributed by atoms with van der Waals surface area (Å²) in [5.74, 6) is -3.15. The maximum Gasteiger partial charge on any atom is 0.407 e. The van der Waals surface area contributed by atoms with Gasteiger partial charge in [0.25, 0.3) is 0 Å². The Morgan fingerprint density at radius 1 is 1.09 bits per heavy atom. The van der Waals surface area contributed by atoms with Gasteiger partial charge in [-0.15, -0.1) is 0 Å². The fourth-order valence-corrected chi connectivity index (χ4v) is 2.99. The fraction of sp³-hybridized carbons (Fsp3) is 0.773. The molecule has 0 aromatic carbocycles. The number of carbonyl (C=O) groups is 5. The van der Waals surface area contributed by atoms with Gasteiger partial charge in [0, 0.05) is 6.42 Å². The van der Waals surface area contributed by atoms with Gasteiger partial charge in [-0.1, -0.05) is 48.5 Å². The standard InChI is InChI=1S/C22H38N4O7/c1-12(2)10-15(18(28)23-14-8-9-33-26-20(30)17(14)27)24-19(29)16(13(3)4)25-21(31)32-11-22(5,6)7/h12-16H,8-11H2,1-7H3,(H,23,28)(H,24,29)(H,25,31)(H,26,30). The lowest BCUT2D eigenvalue weighted by Gasteiger charge is -2.27. The van der Waals surface area contributed by atoms with Crippen molar-refractivity contribution in [1.29, 1.82) is 0 Å². The van der Waals surface area contributed by atoms with E-state index in [1.807, 2.05) is 40.1 Å². The van der Waals surface area contributed by atoms with Crippen molar-refractivity contribution < 1.29 is 33.5 Å². The van der Waals surface area contributed by atoms with Gasteiger partial charge >= 0.3 is 12.0 Å². The molecule has 1 fully saturated rings. The van der Waals surface area contributed by atoms with Gasteiger partial charge in [0.05, 0.1) is 19.3 Å². The number of hydroxylamine groups is 1. The number of hydrogen-bond donors (Lipinski definition) is 4. The van der Waals surface area contributed by atoms with Gasteiger partial charge in [-0.05, 0) is 23.7 Å². The fourth-order valence-electron chi connectivity index (χ4n) is 2.99. The topological polar surface area (TPSA) is 152 Å². The molecule has 0 aromatic heterocycles. The molecule has 0 aliphatic carbocycles. The quantitative estimate of drug-likeness (QED) is 0.364. The van der Waals surface area contributed by atoms with Crippen molar-refractivity contribution >= 4 is 29.6 Å². The van der Waals surface area contributed by atoms with Crippen LogP contribution in [-0.2, 0) is 28.8 Å². The summed E-state index contributed by atoms with van der Waals surface area (Å²) in [6.07, 6.45) is -0.319. The van der Waals surface area contributed by atoms with Crippen molar-refractivity contribution in [3.63, 3.8) is 0 Å². The van der Waals surface area contributed by atoms with Gasteiger partial charge in [0.15, 0.2) is 0 Å². The average molecular weight is 471 g/mol. The van der Waals surface area contributed by atoms with Crippen LogP contribution in [0, 0.1) is 17.3 Å². The zero-order valence-electron chi connectivity index (χ0n) is 20.6. The number of ketones is 1. The lowest BCUT2D eigenvalue weighted by atomic mass is 9.99. The molecule has 11 nitrogen and oxygen atoms in total. The zero-order chi connectivity index (χ0) is 25.3. The Morgan fingerprint density at radius 3 is 2.27 bits per heavy atom. The first-order chi connectivity index (χ1) is 15.2. The van der Waals surface area contributed by atoms with Crippen LogP contribution in [0.15, 0.2) is 0 Å². The second kappa shape index (κ2) is 12.5. The number of rotatable bonds is 9. The molecule has 1 aliphatic rings. The third kappa shape index (κ3) is 10.2. The summed E-state index contributed by atoms with van der Waals surface area (Å²) in [4.78, 5) is 66.7. The van der Waals surface area contributed by atoms with Gasteiger partial charge in [0.2, 0.25) is 17.6 Å². The van der Waals surface area contributed by atoms with Gasteiger partial charge in [-0.3, -0.25) is 24.0 Å². The molecule has 4 N–H and O–H groups in total. The third-order valence-electron chi connectivity index (χ3n) is 4.73. The van der Waals surface area contributed by atoms with Crippen LogP contribution in [0.25, 0.3) is 0 Å². The molecule has 0 radical (unpaired) electrons. The van der Waals surface area contributed by atoms with Crippen molar-refractivity contribution in [2.75, 3.05) is 13.2 Å². The molecule has 1 rings (SSSR count). The predicted molar refractivity (Wildman–Crippen MR) is 120 cm³/mol. The van der Waals surface area contributed by atoms with Crippen LogP contribution >= 0.6 is 0 Å². The van der Waals surface area contributed by atoms with E-state index in [9.17, 15) is 24.0 Å². The van der Waals surface area contributed by atoms with Gasteiger partial charge in [-0.2, -0.15) is 0 Å². The highest BCUT2D eigenvalue weighted by molar-refractivity contribution is 6.38. The van der Waals surface area contributed by atoms with Gasteiger partial charge in [-0.25, -0.2) is 10.3 Å². The lowest BCUT2D eigenvalue weighted by Crippen LogP contribution is -2.57. The minimum absolute atomic E-state index is 0.0414.